The number of fused-ring (bicyclic) bond motifs is 1. The number of aryl methyl sites for hydroxylation is 2. The van der Waals surface area contributed by atoms with Crippen LogP contribution in [0.3, 0.4) is 0 Å². The van der Waals surface area contributed by atoms with Crippen molar-refractivity contribution in [3.8, 4) is 0 Å². The number of nitrogens with two attached hydrogens (primary N) is 1. The lowest BCUT2D eigenvalue weighted by Gasteiger charge is -1.98. The Bertz CT molecular complexity index is 444. The van der Waals surface area contributed by atoms with E-state index in [0.29, 0.717) is 5.95 Å². The zero-order valence-corrected chi connectivity index (χ0v) is 7.78. The maximum atomic E-state index is 5.51. The van der Waals surface area contributed by atoms with Crippen LogP contribution < -0.4 is 5.73 Å². The Morgan fingerprint density at radius 1 is 1.54 bits per heavy atom. The third kappa shape index (κ3) is 1.14. The van der Waals surface area contributed by atoms with Crippen molar-refractivity contribution in [1.82, 2.24) is 14.5 Å². The van der Waals surface area contributed by atoms with Gasteiger partial charge in [-0.1, -0.05) is 0 Å². The molecule has 2 heterocycles. The van der Waals surface area contributed by atoms with Gasteiger partial charge in [-0.3, -0.25) is 0 Å². The maximum absolute atomic E-state index is 5.51. The summed E-state index contributed by atoms with van der Waals surface area (Å²) in [5.41, 5.74) is 8.66. The fourth-order valence-corrected chi connectivity index (χ4v) is 1.52. The molecular weight excluding hydrogens is 164 g/mol. The van der Waals surface area contributed by atoms with Crippen molar-refractivity contribution in [3.63, 3.8) is 0 Å². The molecule has 0 unspecified atom stereocenters. The lowest BCUT2D eigenvalue weighted by atomic mass is 10.3. The maximum Gasteiger partial charge on any atom is 0.220 e. The molecule has 2 aromatic heterocycles. The highest BCUT2D eigenvalue weighted by atomic mass is 15.0. The molecule has 0 fully saturated rings. The molecule has 0 amide bonds. The largest absolute Gasteiger partial charge is 0.368 e. The Hall–Kier alpha value is -1.58. The first-order valence-corrected chi connectivity index (χ1v) is 4.30. The van der Waals surface area contributed by atoms with Crippen LogP contribution in [0.5, 0.6) is 0 Å². The number of aromatic nitrogens is 3. The highest BCUT2D eigenvalue weighted by molar-refractivity contribution is 5.79. The fourth-order valence-electron chi connectivity index (χ4n) is 1.52. The van der Waals surface area contributed by atoms with E-state index in [1.807, 2.05) is 6.92 Å². The standard InChI is InChI=1S/C9H12N4/c1-3-13-5-6(2)8-7(13)4-11-9(10)12-8/h4-5H,3H2,1-2H3,(H2,10,11,12). The summed E-state index contributed by atoms with van der Waals surface area (Å²) in [7, 11) is 0. The third-order valence-electron chi connectivity index (χ3n) is 2.16. The average molecular weight is 176 g/mol. The first kappa shape index (κ1) is 8.04. The number of rotatable bonds is 1. The van der Waals surface area contributed by atoms with Crippen molar-refractivity contribution >= 4 is 17.0 Å². The highest BCUT2D eigenvalue weighted by Crippen LogP contribution is 2.17. The molecular formula is C9H12N4. The minimum Gasteiger partial charge on any atom is -0.368 e. The molecule has 68 valence electrons. The van der Waals surface area contributed by atoms with Crippen LogP contribution in [0.4, 0.5) is 5.95 Å². The van der Waals surface area contributed by atoms with Gasteiger partial charge in [0.1, 0.15) is 0 Å². The van der Waals surface area contributed by atoms with E-state index in [2.05, 4.69) is 27.7 Å². The van der Waals surface area contributed by atoms with Crippen LogP contribution in [0.15, 0.2) is 12.4 Å². The molecule has 0 saturated carbocycles. The van der Waals surface area contributed by atoms with Crippen LogP contribution in [0, 0.1) is 6.92 Å². The minimum absolute atomic E-state index is 0.337. The quantitative estimate of drug-likeness (QED) is 0.713. The molecule has 0 spiro atoms. The molecule has 2 N–H and O–H groups in total. The molecule has 13 heavy (non-hydrogen) atoms. The summed E-state index contributed by atoms with van der Waals surface area (Å²) in [6.07, 6.45) is 3.84. The monoisotopic (exact) mass is 176 g/mol. The van der Waals surface area contributed by atoms with E-state index in [-0.39, 0.29) is 0 Å². The van der Waals surface area contributed by atoms with Crippen molar-refractivity contribution in [1.29, 1.82) is 0 Å². The van der Waals surface area contributed by atoms with Gasteiger partial charge < -0.3 is 10.3 Å². The van der Waals surface area contributed by atoms with Crippen LogP contribution in [-0.4, -0.2) is 14.5 Å². The third-order valence-corrected chi connectivity index (χ3v) is 2.16. The number of nitrogen functional groups attached to an aromatic ring is 1. The molecule has 0 aromatic carbocycles. The van der Waals surface area contributed by atoms with Gasteiger partial charge in [-0.25, -0.2) is 9.97 Å². The summed E-state index contributed by atoms with van der Waals surface area (Å²) in [5, 5.41) is 0. The summed E-state index contributed by atoms with van der Waals surface area (Å²) in [4.78, 5) is 8.16. The van der Waals surface area contributed by atoms with E-state index in [1.165, 1.54) is 0 Å². The molecule has 0 radical (unpaired) electrons. The van der Waals surface area contributed by atoms with Crippen molar-refractivity contribution in [2.75, 3.05) is 5.73 Å². The molecule has 0 aliphatic heterocycles. The van der Waals surface area contributed by atoms with Crippen LogP contribution in [0.1, 0.15) is 12.5 Å². The van der Waals surface area contributed by atoms with Gasteiger partial charge in [0.2, 0.25) is 5.95 Å². The SMILES string of the molecule is CCn1cc(C)c2nc(N)ncc21. The average Bonchev–Trinajstić information content (AvgIpc) is 2.43. The zero-order valence-electron chi connectivity index (χ0n) is 7.78. The fraction of sp³-hybridized carbons (Fsp3) is 0.333. The predicted octanol–water partition coefficient (Wildman–Crippen LogP) is 1.34. The first-order chi connectivity index (χ1) is 6.22. The van der Waals surface area contributed by atoms with E-state index in [0.717, 1.165) is 23.1 Å². The lowest BCUT2D eigenvalue weighted by Crippen LogP contribution is -1.96. The van der Waals surface area contributed by atoms with E-state index < -0.39 is 0 Å². The summed E-state index contributed by atoms with van der Waals surface area (Å²) in [6.45, 7) is 5.05. The molecule has 2 rings (SSSR count). The Balaban J connectivity index is 2.80. The molecule has 0 bridgehead atoms. The van der Waals surface area contributed by atoms with Crippen molar-refractivity contribution in [2.45, 2.75) is 20.4 Å². The van der Waals surface area contributed by atoms with Crippen LogP contribution in [0.25, 0.3) is 11.0 Å². The van der Waals surface area contributed by atoms with E-state index in [4.69, 9.17) is 5.73 Å². The van der Waals surface area contributed by atoms with Crippen molar-refractivity contribution in [3.05, 3.63) is 18.0 Å². The Kier molecular flexibility index (Phi) is 1.69. The van der Waals surface area contributed by atoms with Gasteiger partial charge in [0.15, 0.2) is 0 Å². The second kappa shape index (κ2) is 2.73. The molecule has 4 heteroatoms. The van der Waals surface area contributed by atoms with Crippen LogP contribution in [-0.2, 0) is 6.54 Å². The first-order valence-electron chi connectivity index (χ1n) is 4.30. The second-order valence-electron chi connectivity index (χ2n) is 3.06. The molecule has 0 aliphatic carbocycles. The van der Waals surface area contributed by atoms with Crippen LogP contribution in [0.2, 0.25) is 0 Å². The number of hydrogen-bond donors (Lipinski definition) is 1. The van der Waals surface area contributed by atoms with Gasteiger partial charge in [-0.15, -0.1) is 0 Å². The van der Waals surface area contributed by atoms with Gasteiger partial charge in [-0.05, 0) is 19.4 Å². The molecule has 2 aromatic rings. The number of anilines is 1. The van der Waals surface area contributed by atoms with Gasteiger partial charge in [0.25, 0.3) is 0 Å². The molecule has 4 nitrogen and oxygen atoms in total. The van der Waals surface area contributed by atoms with Gasteiger partial charge in [-0.2, -0.15) is 0 Å². The Morgan fingerprint density at radius 3 is 3.00 bits per heavy atom. The number of nitrogens with zero attached hydrogens (tertiary/aromatic N) is 3. The second-order valence-corrected chi connectivity index (χ2v) is 3.06. The Morgan fingerprint density at radius 2 is 2.31 bits per heavy atom. The highest BCUT2D eigenvalue weighted by Gasteiger charge is 2.05. The predicted molar refractivity (Wildman–Crippen MR) is 52.4 cm³/mol. The lowest BCUT2D eigenvalue weighted by molar-refractivity contribution is 0.793. The summed E-state index contributed by atoms with van der Waals surface area (Å²) >= 11 is 0. The molecule has 0 atom stereocenters. The topological polar surface area (TPSA) is 56.7 Å². The van der Waals surface area contributed by atoms with Gasteiger partial charge in [0.05, 0.1) is 17.2 Å². The smallest absolute Gasteiger partial charge is 0.220 e. The van der Waals surface area contributed by atoms with Gasteiger partial charge in [0, 0.05) is 12.7 Å². The molecule has 0 aliphatic rings. The molecule has 0 saturated heterocycles. The normalized spacial score (nSPS) is 10.9. The van der Waals surface area contributed by atoms with Crippen LogP contribution >= 0.6 is 0 Å². The summed E-state index contributed by atoms with van der Waals surface area (Å²) in [6, 6.07) is 0. The van der Waals surface area contributed by atoms with Gasteiger partial charge >= 0.3 is 0 Å². The summed E-state index contributed by atoms with van der Waals surface area (Å²) < 4.78 is 2.12. The summed E-state index contributed by atoms with van der Waals surface area (Å²) in [5.74, 6) is 0.337. The van der Waals surface area contributed by atoms with E-state index >= 15 is 0 Å². The zero-order chi connectivity index (χ0) is 9.42. The number of hydrogen-bond acceptors (Lipinski definition) is 3. The Labute approximate surface area is 76.4 Å². The van der Waals surface area contributed by atoms with E-state index in [1.54, 1.807) is 6.20 Å². The van der Waals surface area contributed by atoms with Crippen molar-refractivity contribution < 1.29 is 0 Å². The van der Waals surface area contributed by atoms with Crippen molar-refractivity contribution in [2.24, 2.45) is 0 Å². The van der Waals surface area contributed by atoms with E-state index in [9.17, 15) is 0 Å². The minimum atomic E-state index is 0.337.